The number of benzene rings is 1. The number of hydrogen-bond donors (Lipinski definition) is 0. The third-order valence-corrected chi connectivity index (χ3v) is 5.51. The summed E-state index contributed by atoms with van der Waals surface area (Å²) in [7, 11) is -3.46. The summed E-state index contributed by atoms with van der Waals surface area (Å²) in [4.78, 5) is 0.668. The molecule has 0 amide bonds. The average Bonchev–Trinajstić information content (AvgIpc) is 3.10. The molecule has 0 aliphatic rings. The second kappa shape index (κ2) is 4.68. The lowest BCUT2D eigenvalue weighted by molar-refractivity contribution is 0.596. The third-order valence-electron chi connectivity index (χ3n) is 2.83. The molecule has 19 heavy (non-hydrogen) atoms. The van der Waals surface area contributed by atoms with Crippen LogP contribution in [0.3, 0.4) is 0 Å². The fourth-order valence-corrected chi connectivity index (χ4v) is 4.54. The van der Waals surface area contributed by atoms with Crippen molar-refractivity contribution in [3.05, 3.63) is 65.6 Å². The van der Waals surface area contributed by atoms with Gasteiger partial charge < -0.3 is 4.57 Å². The number of thiophene rings is 1. The Morgan fingerprint density at radius 1 is 0.895 bits per heavy atom. The Kier molecular flexibility index (Phi) is 3.00. The molecule has 0 radical (unpaired) electrons. The van der Waals surface area contributed by atoms with Crippen LogP contribution in [0.1, 0.15) is 0 Å². The van der Waals surface area contributed by atoms with Crippen LogP contribution < -0.4 is 0 Å². The molecule has 96 valence electrons. The topological polar surface area (TPSA) is 39.1 Å². The van der Waals surface area contributed by atoms with E-state index in [9.17, 15) is 8.42 Å². The maximum Gasteiger partial charge on any atom is 0.209 e. The molecule has 0 bridgehead atoms. The van der Waals surface area contributed by atoms with Gasteiger partial charge in [0, 0.05) is 23.2 Å². The summed E-state index contributed by atoms with van der Waals surface area (Å²) in [5.41, 5.74) is 0.693. The van der Waals surface area contributed by atoms with Gasteiger partial charge in [0.15, 0.2) is 0 Å². The number of aromatic nitrogens is 1. The van der Waals surface area contributed by atoms with Gasteiger partial charge in [-0.05, 0) is 24.3 Å². The standard InChI is InChI=1S/C14H11NO2S2/c16-19(17,12-6-2-1-3-7-12)14-11-18-10-13(14)15-8-4-5-9-15/h1-11H. The Morgan fingerprint density at radius 2 is 1.58 bits per heavy atom. The van der Waals surface area contributed by atoms with Gasteiger partial charge in [0.1, 0.15) is 4.90 Å². The maximum absolute atomic E-state index is 12.6. The first-order valence-electron chi connectivity index (χ1n) is 5.69. The normalized spacial score (nSPS) is 11.6. The Labute approximate surface area is 115 Å². The van der Waals surface area contributed by atoms with E-state index in [2.05, 4.69) is 0 Å². The van der Waals surface area contributed by atoms with Gasteiger partial charge in [0.2, 0.25) is 9.84 Å². The Hall–Kier alpha value is -1.85. The minimum absolute atomic E-state index is 0.321. The Morgan fingerprint density at radius 3 is 2.26 bits per heavy atom. The predicted molar refractivity (Wildman–Crippen MR) is 75.5 cm³/mol. The molecular weight excluding hydrogens is 278 g/mol. The lowest BCUT2D eigenvalue weighted by Gasteiger charge is -2.07. The highest BCUT2D eigenvalue weighted by atomic mass is 32.2. The fourth-order valence-electron chi connectivity index (χ4n) is 1.89. The van der Waals surface area contributed by atoms with Crippen molar-refractivity contribution < 1.29 is 8.42 Å². The molecule has 0 N–H and O–H groups in total. The van der Waals surface area contributed by atoms with Gasteiger partial charge in [0.05, 0.1) is 10.6 Å². The molecule has 5 heteroatoms. The van der Waals surface area contributed by atoms with Gasteiger partial charge in [-0.1, -0.05) is 18.2 Å². The summed E-state index contributed by atoms with van der Waals surface area (Å²) in [6, 6.07) is 12.2. The highest BCUT2D eigenvalue weighted by Crippen LogP contribution is 2.29. The van der Waals surface area contributed by atoms with Gasteiger partial charge in [-0.3, -0.25) is 0 Å². The second-order valence-corrected chi connectivity index (χ2v) is 6.69. The van der Waals surface area contributed by atoms with E-state index < -0.39 is 9.84 Å². The Bertz CT molecular complexity index is 772. The van der Waals surface area contributed by atoms with Gasteiger partial charge >= 0.3 is 0 Å². The van der Waals surface area contributed by atoms with E-state index in [1.807, 2.05) is 34.5 Å². The smallest absolute Gasteiger partial charge is 0.209 e. The van der Waals surface area contributed by atoms with Gasteiger partial charge in [0.25, 0.3) is 0 Å². The average molecular weight is 289 g/mol. The quantitative estimate of drug-likeness (QED) is 0.741. The monoisotopic (exact) mass is 289 g/mol. The highest BCUT2D eigenvalue weighted by Gasteiger charge is 2.22. The summed E-state index contributed by atoms with van der Waals surface area (Å²) >= 11 is 1.39. The molecular formula is C14H11NO2S2. The maximum atomic E-state index is 12.6. The van der Waals surface area contributed by atoms with E-state index in [1.165, 1.54) is 11.3 Å². The summed E-state index contributed by atoms with van der Waals surface area (Å²) in [6.45, 7) is 0. The lowest BCUT2D eigenvalue weighted by Crippen LogP contribution is -2.04. The summed E-state index contributed by atoms with van der Waals surface area (Å²) < 4.78 is 27.0. The van der Waals surface area contributed by atoms with Crippen molar-refractivity contribution in [2.24, 2.45) is 0 Å². The van der Waals surface area contributed by atoms with Crippen LogP contribution in [0.25, 0.3) is 5.69 Å². The van der Waals surface area contributed by atoms with Crippen molar-refractivity contribution in [1.29, 1.82) is 0 Å². The van der Waals surface area contributed by atoms with Crippen molar-refractivity contribution in [3.8, 4) is 5.69 Å². The SMILES string of the molecule is O=S(=O)(c1ccccc1)c1cscc1-n1cccc1. The first-order chi connectivity index (χ1) is 9.19. The largest absolute Gasteiger partial charge is 0.322 e. The molecule has 0 fully saturated rings. The molecule has 0 aliphatic heterocycles. The van der Waals surface area contributed by atoms with Crippen molar-refractivity contribution in [1.82, 2.24) is 4.57 Å². The van der Waals surface area contributed by atoms with Gasteiger partial charge in [-0.15, -0.1) is 11.3 Å². The van der Waals surface area contributed by atoms with Crippen LogP contribution in [-0.4, -0.2) is 13.0 Å². The minimum Gasteiger partial charge on any atom is -0.322 e. The number of nitrogens with zero attached hydrogens (tertiary/aromatic N) is 1. The van der Waals surface area contributed by atoms with E-state index in [0.717, 1.165) is 0 Å². The molecule has 2 heterocycles. The molecule has 2 aromatic heterocycles. The zero-order chi connectivity index (χ0) is 13.3. The molecule has 3 rings (SSSR count). The second-order valence-electron chi connectivity index (χ2n) is 4.03. The molecule has 3 aromatic rings. The molecule has 3 nitrogen and oxygen atoms in total. The van der Waals surface area contributed by atoms with Crippen molar-refractivity contribution >= 4 is 21.2 Å². The predicted octanol–water partition coefficient (Wildman–Crippen LogP) is 3.37. The number of hydrogen-bond acceptors (Lipinski definition) is 3. The first kappa shape index (κ1) is 12.2. The zero-order valence-corrected chi connectivity index (χ0v) is 11.6. The summed E-state index contributed by atoms with van der Waals surface area (Å²) in [5, 5.41) is 3.52. The van der Waals surface area contributed by atoms with Gasteiger partial charge in [-0.25, -0.2) is 8.42 Å². The minimum atomic E-state index is -3.46. The molecule has 0 atom stereocenters. The zero-order valence-electron chi connectivity index (χ0n) is 9.93. The summed E-state index contributed by atoms with van der Waals surface area (Å²) in [6.07, 6.45) is 3.68. The van der Waals surface area contributed by atoms with Crippen LogP contribution in [0.4, 0.5) is 0 Å². The first-order valence-corrected chi connectivity index (χ1v) is 8.12. The van der Waals surface area contributed by atoms with Gasteiger partial charge in [-0.2, -0.15) is 0 Å². The molecule has 1 aromatic carbocycles. The third kappa shape index (κ3) is 2.11. The van der Waals surface area contributed by atoms with E-state index in [4.69, 9.17) is 0 Å². The molecule has 0 saturated carbocycles. The van der Waals surface area contributed by atoms with E-state index in [-0.39, 0.29) is 0 Å². The van der Waals surface area contributed by atoms with Crippen molar-refractivity contribution in [2.75, 3.05) is 0 Å². The van der Waals surface area contributed by atoms with Crippen molar-refractivity contribution in [3.63, 3.8) is 0 Å². The van der Waals surface area contributed by atoms with Crippen LogP contribution in [0, 0.1) is 0 Å². The Balaban J connectivity index is 2.17. The molecule has 0 spiro atoms. The molecule has 0 saturated heterocycles. The van der Waals surface area contributed by atoms with E-state index >= 15 is 0 Å². The van der Waals surface area contributed by atoms with Crippen LogP contribution in [0.5, 0.6) is 0 Å². The lowest BCUT2D eigenvalue weighted by atomic mass is 10.4. The highest BCUT2D eigenvalue weighted by molar-refractivity contribution is 7.91. The van der Waals surface area contributed by atoms with Crippen LogP contribution in [0.15, 0.2) is 75.4 Å². The molecule has 0 unspecified atom stereocenters. The molecule has 0 aliphatic carbocycles. The van der Waals surface area contributed by atoms with Crippen LogP contribution in [-0.2, 0) is 9.84 Å². The number of rotatable bonds is 3. The number of sulfone groups is 1. The summed E-state index contributed by atoms with van der Waals surface area (Å²) in [5.74, 6) is 0. The van der Waals surface area contributed by atoms with Crippen LogP contribution >= 0.6 is 11.3 Å². The fraction of sp³-hybridized carbons (Fsp3) is 0. The van der Waals surface area contributed by atoms with Crippen LogP contribution in [0.2, 0.25) is 0 Å². The van der Waals surface area contributed by atoms with E-state index in [0.29, 0.717) is 15.5 Å². The van der Waals surface area contributed by atoms with Crippen molar-refractivity contribution in [2.45, 2.75) is 9.79 Å². The van der Waals surface area contributed by atoms with E-state index in [1.54, 1.807) is 35.7 Å².